The third-order valence-electron chi connectivity index (χ3n) is 6.51. The van der Waals surface area contributed by atoms with Crippen LogP contribution in [0.4, 0.5) is 0 Å². The van der Waals surface area contributed by atoms with Crippen LogP contribution >= 0.6 is 0 Å². The van der Waals surface area contributed by atoms with Gasteiger partial charge in [-0.05, 0) is 28.8 Å². The van der Waals surface area contributed by atoms with Crippen molar-refractivity contribution in [2.24, 2.45) is 0 Å². The third-order valence-corrected chi connectivity index (χ3v) is 6.51. The van der Waals surface area contributed by atoms with Crippen molar-refractivity contribution in [2.45, 2.75) is 44.2 Å². The summed E-state index contributed by atoms with van der Waals surface area (Å²) in [6.07, 6.45) is -2.59. The van der Waals surface area contributed by atoms with Crippen LogP contribution < -0.4 is 5.32 Å². The second-order valence-corrected chi connectivity index (χ2v) is 9.59. The van der Waals surface area contributed by atoms with Crippen molar-refractivity contribution in [3.63, 3.8) is 0 Å². The first-order valence-electron chi connectivity index (χ1n) is 13.6. The Morgan fingerprint density at radius 3 is 1.59 bits per heavy atom. The predicted molar refractivity (Wildman–Crippen MR) is 156 cm³/mol. The number of hydrogen-bond acceptors (Lipinski definition) is 6. The number of nitrogens with one attached hydrogen (secondary N) is 1. The van der Waals surface area contributed by atoms with Gasteiger partial charge in [-0.15, -0.1) is 0 Å². The summed E-state index contributed by atoms with van der Waals surface area (Å²) in [7, 11) is 0. The monoisotopic (exact) mass is 553 g/mol. The zero-order valence-electron chi connectivity index (χ0n) is 22.8. The summed E-state index contributed by atoms with van der Waals surface area (Å²) in [5.41, 5.74) is 3.11. The first-order chi connectivity index (χ1) is 20.1. The fourth-order valence-electron chi connectivity index (χ4n) is 4.35. The Balaban J connectivity index is 1.57. The number of carbonyl (C=O) groups is 2. The number of aliphatic hydroxyl groups is 1. The molecule has 0 aliphatic heterocycles. The standard InChI is InChI=1S/C34H35NO6/c36-21-30(35-34(38)29-19-11-4-12-20-29)32(40-23-27-15-7-2-8-16-27)33(41-24-28-17-9-3-10-18-28)31(37)25-39-22-26-13-5-1-6-14-26/h1-21,30-33,37H,22-25H2,(H,35,38)/t30-,31+,32+,33+/m0/s1. The minimum atomic E-state index is -1.17. The van der Waals surface area contributed by atoms with Crippen LogP contribution in [0.5, 0.6) is 0 Å². The topological polar surface area (TPSA) is 94.1 Å². The number of aldehydes is 1. The van der Waals surface area contributed by atoms with E-state index in [0.29, 0.717) is 18.5 Å². The highest BCUT2D eigenvalue weighted by molar-refractivity contribution is 5.95. The summed E-state index contributed by atoms with van der Waals surface area (Å²) in [5, 5.41) is 14.1. The van der Waals surface area contributed by atoms with Gasteiger partial charge in [-0.1, -0.05) is 109 Å². The molecular formula is C34H35NO6. The van der Waals surface area contributed by atoms with Crippen molar-refractivity contribution in [1.29, 1.82) is 0 Å². The van der Waals surface area contributed by atoms with E-state index in [0.717, 1.165) is 16.7 Å². The average molecular weight is 554 g/mol. The van der Waals surface area contributed by atoms with Crippen LogP contribution in [0, 0.1) is 0 Å². The number of carbonyl (C=O) groups excluding carboxylic acids is 2. The molecule has 1 amide bonds. The Bertz CT molecular complexity index is 1300. The van der Waals surface area contributed by atoms with E-state index in [1.54, 1.807) is 30.3 Å². The van der Waals surface area contributed by atoms with Crippen molar-refractivity contribution in [3.05, 3.63) is 144 Å². The lowest BCUT2D eigenvalue weighted by Crippen LogP contribution is -2.55. The molecule has 0 saturated heterocycles. The molecule has 4 aromatic rings. The highest BCUT2D eigenvalue weighted by atomic mass is 16.6. The number of rotatable bonds is 16. The normalized spacial score (nSPS) is 14.0. The minimum absolute atomic E-state index is 0.0717. The van der Waals surface area contributed by atoms with Gasteiger partial charge in [0.2, 0.25) is 0 Å². The van der Waals surface area contributed by atoms with Crippen molar-refractivity contribution in [3.8, 4) is 0 Å². The zero-order valence-corrected chi connectivity index (χ0v) is 22.8. The van der Waals surface area contributed by atoms with Gasteiger partial charge < -0.3 is 29.4 Å². The molecule has 7 nitrogen and oxygen atoms in total. The van der Waals surface area contributed by atoms with Crippen molar-refractivity contribution in [1.82, 2.24) is 5.32 Å². The van der Waals surface area contributed by atoms with E-state index in [4.69, 9.17) is 14.2 Å². The minimum Gasteiger partial charge on any atom is -0.388 e. The molecule has 0 spiro atoms. The summed E-state index contributed by atoms with van der Waals surface area (Å²) in [6, 6.07) is 36.1. The Hall–Kier alpha value is -4.14. The fourth-order valence-corrected chi connectivity index (χ4v) is 4.35. The smallest absolute Gasteiger partial charge is 0.251 e. The Morgan fingerprint density at radius 2 is 1.10 bits per heavy atom. The molecule has 4 rings (SSSR count). The molecule has 4 aromatic carbocycles. The van der Waals surface area contributed by atoms with Gasteiger partial charge >= 0.3 is 0 Å². The van der Waals surface area contributed by atoms with Gasteiger partial charge in [-0.2, -0.15) is 0 Å². The number of hydrogen-bond donors (Lipinski definition) is 2. The summed E-state index contributed by atoms with van der Waals surface area (Å²) < 4.78 is 18.3. The summed E-state index contributed by atoms with van der Waals surface area (Å²) >= 11 is 0. The van der Waals surface area contributed by atoms with Crippen LogP contribution in [0.3, 0.4) is 0 Å². The molecule has 0 unspecified atom stereocenters. The largest absolute Gasteiger partial charge is 0.388 e. The van der Waals surface area contributed by atoms with Gasteiger partial charge in [0.25, 0.3) is 5.91 Å². The number of benzene rings is 4. The van der Waals surface area contributed by atoms with Crippen molar-refractivity contribution in [2.75, 3.05) is 6.61 Å². The highest BCUT2D eigenvalue weighted by Gasteiger charge is 2.37. The molecule has 0 aliphatic rings. The van der Waals surface area contributed by atoms with Gasteiger partial charge in [-0.3, -0.25) is 4.79 Å². The molecule has 0 aromatic heterocycles. The van der Waals surface area contributed by atoms with E-state index in [-0.39, 0.29) is 19.8 Å². The summed E-state index contributed by atoms with van der Waals surface area (Å²) in [6.45, 7) is 0.517. The van der Waals surface area contributed by atoms with Crippen LogP contribution in [0.15, 0.2) is 121 Å². The molecule has 4 atom stereocenters. The van der Waals surface area contributed by atoms with E-state index in [1.807, 2.05) is 91.0 Å². The Kier molecular flexibility index (Phi) is 11.8. The molecule has 0 fully saturated rings. The molecule has 2 N–H and O–H groups in total. The van der Waals surface area contributed by atoms with Gasteiger partial charge in [0.15, 0.2) is 0 Å². The maximum Gasteiger partial charge on any atom is 0.251 e. The molecule has 0 radical (unpaired) electrons. The SMILES string of the molecule is O=C[C@H](NC(=O)c1ccccc1)[C@@H](OCc1ccccc1)[C@H](OCc1ccccc1)[C@H](O)COCc1ccccc1. The highest BCUT2D eigenvalue weighted by Crippen LogP contribution is 2.19. The predicted octanol–water partition coefficient (Wildman–Crippen LogP) is 4.73. The molecule has 0 bridgehead atoms. The van der Waals surface area contributed by atoms with Crippen LogP contribution in [0.2, 0.25) is 0 Å². The first kappa shape index (κ1) is 29.8. The van der Waals surface area contributed by atoms with Crippen molar-refractivity contribution < 1.29 is 28.9 Å². The summed E-state index contributed by atoms with van der Waals surface area (Å²) in [4.78, 5) is 25.5. The Morgan fingerprint density at radius 1 is 0.659 bits per heavy atom. The van der Waals surface area contributed by atoms with Gasteiger partial charge in [0.05, 0.1) is 26.4 Å². The number of amides is 1. The van der Waals surface area contributed by atoms with E-state index >= 15 is 0 Å². The maximum atomic E-state index is 13.0. The molecule has 41 heavy (non-hydrogen) atoms. The fraction of sp³-hybridized carbons (Fsp3) is 0.235. The molecule has 212 valence electrons. The van der Waals surface area contributed by atoms with E-state index in [2.05, 4.69) is 5.32 Å². The quantitative estimate of drug-likeness (QED) is 0.195. The lowest BCUT2D eigenvalue weighted by Gasteiger charge is -2.34. The van der Waals surface area contributed by atoms with Gasteiger partial charge in [0, 0.05) is 5.56 Å². The van der Waals surface area contributed by atoms with Gasteiger partial charge in [-0.25, -0.2) is 0 Å². The van der Waals surface area contributed by atoms with Gasteiger partial charge in [0.1, 0.15) is 30.6 Å². The van der Waals surface area contributed by atoms with Crippen LogP contribution in [0.25, 0.3) is 0 Å². The third kappa shape index (κ3) is 9.48. The number of ether oxygens (including phenoxy) is 3. The molecule has 7 heteroatoms. The van der Waals surface area contributed by atoms with Crippen LogP contribution in [-0.2, 0) is 38.8 Å². The van der Waals surface area contributed by atoms with Crippen LogP contribution in [-0.4, -0.2) is 48.3 Å². The van der Waals surface area contributed by atoms with Crippen LogP contribution in [0.1, 0.15) is 27.0 Å². The van der Waals surface area contributed by atoms with E-state index in [1.165, 1.54) is 0 Å². The molecular weight excluding hydrogens is 518 g/mol. The average Bonchev–Trinajstić information content (AvgIpc) is 3.03. The lowest BCUT2D eigenvalue weighted by atomic mass is 10.0. The molecule has 0 saturated carbocycles. The second-order valence-electron chi connectivity index (χ2n) is 9.59. The zero-order chi connectivity index (χ0) is 28.7. The molecule has 0 aliphatic carbocycles. The lowest BCUT2D eigenvalue weighted by molar-refractivity contribution is -0.157. The number of aliphatic hydroxyl groups excluding tert-OH is 1. The first-order valence-corrected chi connectivity index (χ1v) is 13.6. The van der Waals surface area contributed by atoms with E-state index in [9.17, 15) is 14.7 Å². The summed E-state index contributed by atoms with van der Waals surface area (Å²) in [5.74, 6) is -0.437. The molecule has 0 heterocycles. The maximum absolute atomic E-state index is 13.0. The van der Waals surface area contributed by atoms with E-state index < -0.39 is 30.3 Å². The van der Waals surface area contributed by atoms with Crippen molar-refractivity contribution >= 4 is 12.2 Å². The Labute approximate surface area is 240 Å². The second kappa shape index (κ2) is 16.2.